The summed E-state index contributed by atoms with van der Waals surface area (Å²) in [6, 6.07) is 5.95. The molecule has 1 aromatic heterocycles. The highest BCUT2D eigenvalue weighted by Gasteiger charge is 2.42. The molecule has 0 radical (unpaired) electrons. The van der Waals surface area contributed by atoms with Crippen molar-refractivity contribution >= 4 is 20.7 Å². The number of aromatic nitrogens is 1. The van der Waals surface area contributed by atoms with Crippen LogP contribution in [0.5, 0.6) is 0 Å². The topological polar surface area (TPSA) is 47.0 Å². The SMILES string of the molecule is CC1c2c(nc3ccccc3c2C(F)(F)F)CCS1(=O)=O. The molecule has 0 aliphatic carbocycles. The van der Waals surface area contributed by atoms with Gasteiger partial charge in [0.05, 0.1) is 22.1 Å². The molecule has 1 aliphatic rings. The Morgan fingerprint density at radius 1 is 1.24 bits per heavy atom. The Balaban J connectivity index is 2.47. The van der Waals surface area contributed by atoms with Crippen LogP contribution in [0, 0.1) is 0 Å². The molecule has 3 rings (SSSR count). The molecule has 1 unspecified atom stereocenters. The Bertz CT molecular complexity index is 828. The number of fused-ring (bicyclic) bond motifs is 2. The van der Waals surface area contributed by atoms with Crippen molar-refractivity contribution in [3.8, 4) is 0 Å². The molecule has 2 heterocycles. The van der Waals surface area contributed by atoms with Crippen LogP contribution in [0.4, 0.5) is 13.2 Å². The van der Waals surface area contributed by atoms with Gasteiger partial charge in [0.15, 0.2) is 9.84 Å². The molecule has 0 fully saturated rings. The lowest BCUT2D eigenvalue weighted by atomic mass is 9.96. The fourth-order valence-corrected chi connectivity index (χ4v) is 4.25. The van der Waals surface area contributed by atoms with Crippen LogP contribution < -0.4 is 0 Å². The Hall–Kier alpha value is -1.63. The van der Waals surface area contributed by atoms with Crippen molar-refractivity contribution < 1.29 is 21.6 Å². The minimum Gasteiger partial charge on any atom is -0.252 e. The van der Waals surface area contributed by atoms with Crippen LogP contribution in [-0.2, 0) is 22.4 Å². The third kappa shape index (κ3) is 2.19. The van der Waals surface area contributed by atoms with Crippen LogP contribution in [0.25, 0.3) is 10.9 Å². The zero-order valence-corrected chi connectivity index (χ0v) is 11.9. The van der Waals surface area contributed by atoms with Crippen molar-refractivity contribution in [2.45, 2.75) is 24.8 Å². The summed E-state index contributed by atoms with van der Waals surface area (Å²) in [6.07, 6.45) is -4.59. The van der Waals surface area contributed by atoms with Crippen LogP contribution in [0.15, 0.2) is 24.3 Å². The Morgan fingerprint density at radius 2 is 1.90 bits per heavy atom. The molecule has 7 heteroatoms. The van der Waals surface area contributed by atoms with Gasteiger partial charge in [0.1, 0.15) is 0 Å². The molecule has 1 aliphatic heterocycles. The van der Waals surface area contributed by atoms with Crippen molar-refractivity contribution in [1.82, 2.24) is 4.98 Å². The number of halogens is 3. The molecule has 0 N–H and O–H groups in total. The second-order valence-electron chi connectivity index (χ2n) is 5.12. The normalized spacial score (nSPS) is 21.2. The van der Waals surface area contributed by atoms with E-state index in [0.717, 1.165) is 0 Å². The zero-order valence-electron chi connectivity index (χ0n) is 11.1. The van der Waals surface area contributed by atoms with Gasteiger partial charge in [-0.1, -0.05) is 18.2 Å². The second kappa shape index (κ2) is 4.43. The monoisotopic (exact) mass is 315 g/mol. The van der Waals surface area contributed by atoms with E-state index in [1.54, 1.807) is 6.07 Å². The smallest absolute Gasteiger partial charge is 0.252 e. The van der Waals surface area contributed by atoms with Crippen molar-refractivity contribution in [3.05, 3.63) is 41.1 Å². The molecule has 1 aromatic carbocycles. The standard InChI is InChI=1S/C14H12F3NO2S/c1-8-12-11(6-7-21(8,19)20)18-10-5-3-2-4-9(10)13(12)14(15,16)17/h2-5,8H,6-7H2,1H3. The molecule has 112 valence electrons. The van der Waals surface area contributed by atoms with E-state index < -0.39 is 26.8 Å². The van der Waals surface area contributed by atoms with E-state index in [0.29, 0.717) is 0 Å². The molecule has 21 heavy (non-hydrogen) atoms. The summed E-state index contributed by atoms with van der Waals surface area (Å²) in [5, 5.41) is -1.23. The number of hydrogen-bond donors (Lipinski definition) is 0. The Labute approximate surface area is 119 Å². The number of para-hydroxylation sites is 1. The van der Waals surface area contributed by atoms with E-state index in [4.69, 9.17) is 0 Å². The first-order valence-electron chi connectivity index (χ1n) is 6.42. The zero-order chi connectivity index (χ0) is 15.4. The number of aryl methyl sites for hydroxylation is 1. The van der Waals surface area contributed by atoms with Crippen LogP contribution in [0.3, 0.4) is 0 Å². The lowest BCUT2D eigenvalue weighted by Gasteiger charge is -2.26. The van der Waals surface area contributed by atoms with Crippen molar-refractivity contribution in [3.63, 3.8) is 0 Å². The van der Waals surface area contributed by atoms with Gasteiger partial charge in [0.2, 0.25) is 0 Å². The first-order chi connectivity index (χ1) is 9.72. The molecule has 0 saturated carbocycles. The minimum absolute atomic E-state index is 0.0237. The highest BCUT2D eigenvalue weighted by atomic mass is 32.2. The summed E-state index contributed by atoms with van der Waals surface area (Å²) in [7, 11) is -3.57. The summed E-state index contributed by atoms with van der Waals surface area (Å²) < 4.78 is 64.5. The number of alkyl halides is 3. The molecule has 2 aromatic rings. The maximum Gasteiger partial charge on any atom is 0.417 e. The summed E-state index contributed by atoms with van der Waals surface area (Å²) in [5.74, 6) is -0.163. The molecule has 1 atom stereocenters. The maximum atomic E-state index is 13.5. The molecule has 0 bridgehead atoms. The quantitative estimate of drug-likeness (QED) is 0.749. The molecular weight excluding hydrogens is 303 g/mol. The molecule has 0 spiro atoms. The average Bonchev–Trinajstić information content (AvgIpc) is 2.40. The van der Waals surface area contributed by atoms with E-state index >= 15 is 0 Å². The van der Waals surface area contributed by atoms with Gasteiger partial charge < -0.3 is 0 Å². The molecular formula is C14H12F3NO2S. The number of rotatable bonds is 0. The number of nitrogens with zero attached hydrogens (tertiary/aromatic N) is 1. The Kier molecular flexibility index (Phi) is 3.02. The maximum absolute atomic E-state index is 13.5. The largest absolute Gasteiger partial charge is 0.417 e. The fourth-order valence-electron chi connectivity index (χ4n) is 2.81. The number of hydrogen-bond acceptors (Lipinski definition) is 3. The van der Waals surface area contributed by atoms with Gasteiger partial charge in [0.25, 0.3) is 0 Å². The lowest BCUT2D eigenvalue weighted by Crippen LogP contribution is -2.27. The predicted molar refractivity (Wildman–Crippen MR) is 72.7 cm³/mol. The summed E-state index contributed by atoms with van der Waals surface area (Å²) >= 11 is 0. The fraction of sp³-hybridized carbons (Fsp3) is 0.357. The molecule has 3 nitrogen and oxygen atoms in total. The van der Waals surface area contributed by atoms with Crippen molar-refractivity contribution in [2.24, 2.45) is 0 Å². The van der Waals surface area contributed by atoms with Crippen LogP contribution in [0.2, 0.25) is 0 Å². The van der Waals surface area contributed by atoms with Crippen LogP contribution in [0.1, 0.15) is 29.0 Å². The molecule has 0 saturated heterocycles. The third-order valence-corrected chi connectivity index (χ3v) is 5.95. The summed E-state index contributed by atoms with van der Waals surface area (Å²) in [5.41, 5.74) is -0.565. The summed E-state index contributed by atoms with van der Waals surface area (Å²) in [4.78, 5) is 4.24. The van der Waals surface area contributed by atoms with Gasteiger partial charge in [-0.25, -0.2) is 8.42 Å². The number of benzene rings is 1. The molecule has 0 amide bonds. The van der Waals surface area contributed by atoms with Gasteiger partial charge in [-0.2, -0.15) is 13.2 Å². The van der Waals surface area contributed by atoms with Gasteiger partial charge in [-0.3, -0.25) is 4.98 Å². The predicted octanol–water partition coefficient (Wildman–Crippen LogP) is 3.29. The number of sulfone groups is 1. The summed E-state index contributed by atoms with van der Waals surface area (Å²) in [6.45, 7) is 1.30. The highest BCUT2D eigenvalue weighted by molar-refractivity contribution is 7.91. The van der Waals surface area contributed by atoms with E-state index in [2.05, 4.69) is 4.98 Å². The van der Waals surface area contributed by atoms with Gasteiger partial charge in [-0.15, -0.1) is 0 Å². The van der Waals surface area contributed by atoms with E-state index in [-0.39, 0.29) is 34.3 Å². The van der Waals surface area contributed by atoms with E-state index in [1.807, 2.05) is 0 Å². The van der Waals surface area contributed by atoms with Gasteiger partial charge in [0, 0.05) is 23.1 Å². The average molecular weight is 315 g/mol. The highest BCUT2D eigenvalue weighted by Crippen LogP contribution is 2.44. The van der Waals surface area contributed by atoms with Gasteiger partial charge in [-0.05, 0) is 13.0 Å². The lowest BCUT2D eigenvalue weighted by molar-refractivity contribution is -0.137. The minimum atomic E-state index is -4.62. The van der Waals surface area contributed by atoms with Gasteiger partial charge >= 0.3 is 6.18 Å². The van der Waals surface area contributed by atoms with E-state index in [1.165, 1.54) is 25.1 Å². The van der Waals surface area contributed by atoms with Crippen LogP contribution >= 0.6 is 0 Å². The number of pyridine rings is 1. The van der Waals surface area contributed by atoms with Crippen molar-refractivity contribution in [1.29, 1.82) is 0 Å². The first kappa shape index (κ1) is 14.3. The second-order valence-corrected chi connectivity index (χ2v) is 7.56. The van der Waals surface area contributed by atoms with E-state index in [9.17, 15) is 21.6 Å². The first-order valence-corrected chi connectivity index (χ1v) is 8.13. The third-order valence-electron chi connectivity index (χ3n) is 3.86. The Morgan fingerprint density at radius 3 is 2.57 bits per heavy atom. The van der Waals surface area contributed by atoms with Crippen molar-refractivity contribution in [2.75, 3.05) is 5.75 Å². The van der Waals surface area contributed by atoms with Crippen LogP contribution in [-0.4, -0.2) is 19.2 Å².